The van der Waals surface area contributed by atoms with Gasteiger partial charge in [-0.15, -0.1) is 0 Å². The quantitative estimate of drug-likeness (QED) is 0.743. The predicted molar refractivity (Wildman–Crippen MR) is 61.2 cm³/mol. The fraction of sp³-hybridized carbons (Fsp3) is 0.385. The van der Waals surface area contributed by atoms with Crippen molar-refractivity contribution in [3.8, 4) is 0 Å². The number of benzene rings is 1. The van der Waals surface area contributed by atoms with Crippen molar-refractivity contribution in [2.75, 3.05) is 13.1 Å². The topological polar surface area (TPSA) is 12.0 Å². The molecule has 0 radical (unpaired) electrons. The number of nitrogens with one attached hydrogen (secondary N) is 1. The lowest BCUT2D eigenvalue weighted by Crippen LogP contribution is -2.22. The van der Waals surface area contributed by atoms with E-state index in [2.05, 4.69) is 11.4 Å². The number of aryl methyl sites for hydroxylation is 1. The van der Waals surface area contributed by atoms with Gasteiger partial charge in [-0.3, -0.25) is 0 Å². The Bertz CT molecular complexity index is 374. The maximum Gasteiger partial charge on any atom is 0.123 e. The van der Waals surface area contributed by atoms with Gasteiger partial charge < -0.3 is 5.32 Å². The van der Waals surface area contributed by atoms with Crippen LogP contribution in [-0.2, 0) is 0 Å². The Balaban J connectivity index is 2.25. The Labute approximate surface area is 90.0 Å². The molecule has 0 unspecified atom stereocenters. The predicted octanol–water partition coefficient (Wildman–Crippen LogP) is 2.90. The summed E-state index contributed by atoms with van der Waals surface area (Å²) in [5, 5.41) is 3.31. The average Bonchev–Trinajstić information content (AvgIpc) is 2.25. The molecule has 0 bridgehead atoms. The molecule has 1 fully saturated rings. The molecular formula is C13H16FN. The molecule has 1 heterocycles. The highest BCUT2D eigenvalue weighted by Gasteiger charge is 2.05. The molecule has 2 heteroatoms. The van der Waals surface area contributed by atoms with Gasteiger partial charge in [0.2, 0.25) is 0 Å². The highest BCUT2D eigenvalue weighted by molar-refractivity contribution is 5.56. The minimum absolute atomic E-state index is 0.151. The second-order valence-corrected chi connectivity index (χ2v) is 4.05. The normalized spacial score (nSPS) is 16.5. The molecule has 1 N–H and O–H groups in total. The zero-order chi connectivity index (χ0) is 10.7. The average molecular weight is 205 g/mol. The van der Waals surface area contributed by atoms with Crippen molar-refractivity contribution in [1.29, 1.82) is 0 Å². The molecule has 0 saturated carbocycles. The SMILES string of the molecule is Cc1ccc(F)cc1C=C1CCNCC1. The first-order valence-corrected chi connectivity index (χ1v) is 5.42. The van der Waals surface area contributed by atoms with Gasteiger partial charge in [-0.2, -0.15) is 0 Å². The van der Waals surface area contributed by atoms with Crippen LogP contribution in [0.4, 0.5) is 4.39 Å². The van der Waals surface area contributed by atoms with E-state index in [-0.39, 0.29) is 5.82 Å². The molecule has 80 valence electrons. The second kappa shape index (κ2) is 4.58. The summed E-state index contributed by atoms with van der Waals surface area (Å²) in [6.45, 7) is 4.10. The smallest absolute Gasteiger partial charge is 0.123 e. The van der Waals surface area contributed by atoms with E-state index < -0.39 is 0 Å². The van der Waals surface area contributed by atoms with E-state index in [0.29, 0.717) is 0 Å². The molecule has 0 aromatic heterocycles. The van der Waals surface area contributed by atoms with Crippen molar-refractivity contribution in [3.05, 3.63) is 40.7 Å². The first kappa shape index (κ1) is 10.4. The van der Waals surface area contributed by atoms with E-state index in [9.17, 15) is 4.39 Å². The molecule has 0 amide bonds. The van der Waals surface area contributed by atoms with E-state index in [1.807, 2.05) is 13.0 Å². The van der Waals surface area contributed by atoms with Crippen LogP contribution in [0, 0.1) is 12.7 Å². The third kappa shape index (κ3) is 2.66. The van der Waals surface area contributed by atoms with Crippen molar-refractivity contribution < 1.29 is 4.39 Å². The van der Waals surface area contributed by atoms with Gasteiger partial charge in [0.1, 0.15) is 5.82 Å². The number of halogens is 1. The Morgan fingerprint density at radius 3 is 2.73 bits per heavy atom. The fourth-order valence-electron chi connectivity index (χ4n) is 1.88. The summed E-state index contributed by atoms with van der Waals surface area (Å²) in [4.78, 5) is 0. The zero-order valence-corrected chi connectivity index (χ0v) is 9.02. The van der Waals surface area contributed by atoms with Crippen LogP contribution in [-0.4, -0.2) is 13.1 Å². The highest BCUT2D eigenvalue weighted by atomic mass is 19.1. The van der Waals surface area contributed by atoms with Crippen LogP contribution in [0.15, 0.2) is 23.8 Å². The minimum atomic E-state index is -0.151. The molecule has 15 heavy (non-hydrogen) atoms. The number of rotatable bonds is 1. The van der Waals surface area contributed by atoms with E-state index in [1.165, 1.54) is 11.6 Å². The third-order valence-electron chi connectivity index (χ3n) is 2.85. The van der Waals surface area contributed by atoms with Crippen LogP contribution in [0.5, 0.6) is 0 Å². The number of hydrogen-bond acceptors (Lipinski definition) is 1. The molecule has 1 saturated heterocycles. The zero-order valence-electron chi connectivity index (χ0n) is 9.02. The summed E-state index contributed by atoms with van der Waals surface area (Å²) in [5.74, 6) is -0.151. The van der Waals surface area contributed by atoms with E-state index in [0.717, 1.165) is 37.1 Å². The summed E-state index contributed by atoms with van der Waals surface area (Å²) in [6, 6.07) is 4.97. The van der Waals surface area contributed by atoms with Crippen molar-refractivity contribution in [2.45, 2.75) is 19.8 Å². The van der Waals surface area contributed by atoms with Crippen molar-refractivity contribution in [3.63, 3.8) is 0 Å². The van der Waals surface area contributed by atoms with Crippen molar-refractivity contribution >= 4 is 6.08 Å². The van der Waals surface area contributed by atoms with Gasteiger partial charge in [-0.1, -0.05) is 17.7 Å². The lowest BCUT2D eigenvalue weighted by atomic mass is 10.00. The standard InChI is InChI=1S/C13H16FN/c1-10-2-3-13(14)9-12(10)8-11-4-6-15-7-5-11/h2-3,8-9,15H,4-7H2,1H3. The van der Waals surface area contributed by atoms with Crippen LogP contribution in [0.3, 0.4) is 0 Å². The highest BCUT2D eigenvalue weighted by Crippen LogP contribution is 2.18. The monoisotopic (exact) mass is 205 g/mol. The molecule has 0 atom stereocenters. The summed E-state index contributed by atoms with van der Waals surface area (Å²) in [5.41, 5.74) is 3.58. The summed E-state index contributed by atoms with van der Waals surface area (Å²) in [7, 11) is 0. The Kier molecular flexibility index (Phi) is 3.17. The first-order chi connectivity index (χ1) is 7.25. The maximum atomic E-state index is 13.1. The number of piperidine rings is 1. The summed E-state index contributed by atoms with van der Waals surface area (Å²) < 4.78 is 13.1. The molecule has 1 aromatic carbocycles. The van der Waals surface area contributed by atoms with Crippen LogP contribution < -0.4 is 5.32 Å². The molecule has 1 aromatic rings. The lowest BCUT2D eigenvalue weighted by Gasteiger charge is -2.15. The van der Waals surface area contributed by atoms with Crippen molar-refractivity contribution in [1.82, 2.24) is 5.32 Å². The lowest BCUT2D eigenvalue weighted by molar-refractivity contribution is 0.612. The fourth-order valence-corrected chi connectivity index (χ4v) is 1.88. The maximum absolute atomic E-state index is 13.1. The molecule has 1 nitrogen and oxygen atoms in total. The first-order valence-electron chi connectivity index (χ1n) is 5.42. The second-order valence-electron chi connectivity index (χ2n) is 4.05. The molecule has 0 aliphatic carbocycles. The largest absolute Gasteiger partial charge is 0.316 e. The molecule has 2 rings (SSSR count). The van der Waals surface area contributed by atoms with E-state index >= 15 is 0 Å². The van der Waals surface area contributed by atoms with Gasteiger partial charge in [0.15, 0.2) is 0 Å². The van der Waals surface area contributed by atoms with Gasteiger partial charge in [0.25, 0.3) is 0 Å². The molecule has 0 spiro atoms. The van der Waals surface area contributed by atoms with Gasteiger partial charge >= 0.3 is 0 Å². The van der Waals surface area contributed by atoms with Crippen LogP contribution in [0.2, 0.25) is 0 Å². The van der Waals surface area contributed by atoms with Gasteiger partial charge in [0, 0.05) is 0 Å². The Morgan fingerprint density at radius 1 is 1.27 bits per heavy atom. The Hall–Kier alpha value is -1.15. The van der Waals surface area contributed by atoms with Crippen LogP contribution in [0.25, 0.3) is 6.08 Å². The van der Waals surface area contributed by atoms with Gasteiger partial charge in [-0.25, -0.2) is 4.39 Å². The van der Waals surface area contributed by atoms with E-state index in [4.69, 9.17) is 0 Å². The van der Waals surface area contributed by atoms with Crippen LogP contribution >= 0.6 is 0 Å². The molecule has 1 aliphatic heterocycles. The molecule has 1 aliphatic rings. The number of hydrogen-bond donors (Lipinski definition) is 1. The van der Waals surface area contributed by atoms with Gasteiger partial charge in [0.05, 0.1) is 0 Å². The van der Waals surface area contributed by atoms with Crippen LogP contribution in [0.1, 0.15) is 24.0 Å². The van der Waals surface area contributed by atoms with Gasteiger partial charge in [-0.05, 0) is 56.1 Å². The summed E-state index contributed by atoms with van der Waals surface area (Å²) >= 11 is 0. The summed E-state index contributed by atoms with van der Waals surface area (Å²) in [6.07, 6.45) is 4.30. The third-order valence-corrected chi connectivity index (χ3v) is 2.85. The van der Waals surface area contributed by atoms with E-state index in [1.54, 1.807) is 6.07 Å². The molecular weight excluding hydrogens is 189 g/mol. The minimum Gasteiger partial charge on any atom is -0.316 e. The van der Waals surface area contributed by atoms with Crippen molar-refractivity contribution in [2.24, 2.45) is 0 Å². The Morgan fingerprint density at radius 2 is 2.00 bits per heavy atom.